The lowest BCUT2D eigenvalue weighted by Gasteiger charge is -2.13. The lowest BCUT2D eigenvalue weighted by molar-refractivity contribution is -0.384. The Morgan fingerprint density at radius 2 is 1.91 bits per heavy atom. The summed E-state index contributed by atoms with van der Waals surface area (Å²) >= 11 is 0. The minimum atomic E-state index is -0.876. The zero-order chi connectivity index (χ0) is 17.2. The molecule has 1 atom stereocenters. The highest BCUT2D eigenvalue weighted by Crippen LogP contribution is 2.15. The molecule has 1 aromatic rings. The predicted octanol–water partition coefficient (Wildman–Crippen LogP) is 2.16. The van der Waals surface area contributed by atoms with Crippen molar-refractivity contribution in [3.05, 3.63) is 34.4 Å². The first-order valence-electron chi connectivity index (χ1n) is 7.38. The quantitative estimate of drug-likeness (QED) is 0.344. The summed E-state index contributed by atoms with van der Waals surface area (Å²) in [6, 6.07) is 5.90. The number of aliphatic carboxylic acids is 1. The molecular formula is C15H21N3O5. The van der Waals surface area contributed by atoms with Crippen molar-refractivity contribution in [1.29, 1.82) is 0 Å². The van der Waals surface area contributed by atoms with Gasteiger partial charge in [-0.1, -0.05) is 0 Å². The molecule has 0 saturated heterocycles. The molecule has 3 N–H and O–H groups in total. The van der Waals surface area contributed by atoms with Crippen molar-refractivity contribution in [2.45, 2.75) is 38.6 Å². The van der Waals surface area contributed by atoms with Crippen LogP contribution < -0.4 is 10.6 Å². The minimum Gasteiger partial charge on any atom is -0.481 e. The first-order valence-corrected chi connectivity index (χ1v) is 7.38. The number of hydrogen-bond acceptors (Lipinski definition) is 5. The molecule has 0 fully saturated rings. The summed E-state index contributed by atoms with van der Waals surface area (Å²) in [5.41, 5.74) is 0.788. The molecule has 0 heterocycles. The number of carbonyl (C=O) groups is 2. The van der Waals surface area contributed by atoms with E-state index < -0.39 is 10.9 Å². The van der Waals surface area contributed by atoms with Gasteiger partial charge in [-0.25, -0.2) is 0 Å². The normalized spacial score (nSPS) is 11.5. The van der Waals surface area contributed by atoms with Crippen molar-refractivity contribution in [1.82, 2.24) is 5.32 Å². The molecule has 0 aliphatic carbocycles. The van der Waals surface area contributed by atoms with Crippen LogP contribution in [0.25, 0.3) is 0 Å². The van der Waals surface area contributed by atoms with Gasteiger partial charge < -0.3 is 15.7 Å². The molecule has 0 aliphatic heterocycles. The summed E-state index contributed by atoms with van der Waals surface area (Å²) in [5, 5.41) is 24.9. The average molecular weight is 323 g/mol. The van der Waals surface area contributed by atoms with E-state index in [1.807, 2.05) is 0 Å². The van der Waals surface area contributed by atoms with Gasteiger partial charge in [0.25, 0.3) is 5.69 Å². The maximum absolute atomic E-state index is 11.7. The van der Waals surface area contributed by atoms with Gasteiger partial charge in [-0.2, -0.15) is 0 Å². The number of nitrogens with zero attached hydrogens (tertiary/aromatic N) is 1. The number of rotatable bonds is 10. The molecule has 1 unspecified atom stereocenters. The fraction of sp³-hybridized carbons (Fsp3) is 0.467. The third-order valence-electron chi connectivity index (χ3n) is 3.19. The van der Waals surface area contributed by atoms with Crippen molar-refractivity contribution in [3.63, 3.8) is 0 Å². The fourth-order valence-corrected chi connectivity index (χ4v) is 1.94. The SMILES string of the molecule is CC(CCC(=O)O)NC(=O)CCCNc1ccc([N+](=O)[O-])cc1. The van der Waals surface area contributed by atoms with Crippen LogP contribution in [0.15, 0.2) is 24.3 Å². The number of non-ortho nitro benzene ring substituents is 1. The first kappa shape index (κ1) is 18.4. The van der Waals surface area contributed by atoms with Crippen LogP contribution in [0.2, 0.25) is 0 Å². The maximum Gasteiger partial charge on any atom is 0.303 e. The molecule has 0 aliphatic rings. The van der Waals surface area contributed by atoms with Crippen LogP contribution in [-0.4, -0.2) is 34.5 Å². The van der Waals surface area contributed by atoms with Gasteiger partial charge in [-0.3, -0.25) is 19.7 Å². The Morgan fingerprint density at radius 1 is 1.26 bits per heavy atom. The highest BCUT2D eigenvalue weighted by molar-refractivity contribution is 5.76. The third-order valence-corrected chi connectivity index (χ3v) is 3.19. The molecule has 0 bridgehead atoms. The minimum absolute atomic E-state index is 0.0309. The van der Waals surface area contributed by atoms with Gasteiger partial charge in [-0.15, -0.1) is 0 Å². The third kappa shape index (κ3) is 7.79. The highest BCUT2D eigenvalue weighted by Gasteiger charge is 2.09. The van der Waals surface area contributed by atoms with Gasteiger partial charge >= 0.3 is 5.97 Å². The highest BCUT2D eigenvalue weighted by atomic mass is 16.6. The van der Waals surface area contributed by atoms with E-state index >= 15 is 0 Å². The van der Waals surface area contributed by atoms with Crippen molar-refractivity contribution in [3.8, 4) is 0 Å². The van der Waals surface area contributed by atoms with E-state index in [1.54, 1.807) is 19.1 Å². The number of benzene rings is 1. The number of nitro benzene ring substituents is 1. The van der Waals surface area contributed by atoms with E-state index in [1.165, 1.54) is 12.1 Å². The molecular weight excluding hydrogens is 302 g/mol. The van der Waals surface area contributed by atoms with E-state index in [-0.39, 0.29) is 24.1 Å². The van der Waals surface area contributed by atoms with E-state index in [4.69, 9.17) is 5.11 Å². The molecule has 0 spiro atoms. The lowest BCUT2D eigenvalue weighted by atomic mass is 10.1. The van der Waals surface area contributed by atoms with Crippen LogP contribution in [0, 0.1) is 10.1 Å². The molecule has 0 aromatic heterocycles. The molecule has 126 valence electrons. The zero-order valence-corrected chi connectivity index (χ0v) is 12.9. The Bertz CT molecular complexity index is 545. The Hall–Kier alpha value is -2.64. The molecule has 8 heteroatoms. The van der Waals surface area contributed by atoms with Crippen LogP contribution in [0.5, 0.6) is 0 Å². The summed E-state index contributed by atoms with van der Waals surface area (Å²) in [6.45, 7) is 2.34. The van der Waals surface area contributed by atoms with Gasteiger partial charge in [0, 0.05) is 43.2 Å². The van der Waals surface area contributed by atoms with E-state index in [0.29, 0.717) is 25.8 Å². The molecule has 0 radical (unpaired) electrons. The van der Waals surface area contributed by atoms with Crippen LogP contribution in [0.3, 0.4) is 0 Å². The number of nitrogens with one attached hydrogen (secondary N) is 2. The number of nitro groups is 1. The van der Waals surface area contributed by atoms with E-state index in [2.05, 4.69) is 10.6 Å². The smallest absolute Gasteiger partial charge is 0.303 e. The molecule has 1 amide bonds. The summed E-state index contributed by atoms with van der Waals surface area (Å²) < 4.78 is 0. The number of anilines is 1. The van der Waals surface area contributed by atoms with Crippen molar-refractivity contribution < 1.29 is 19.6 Å². The standard InChI is InChI=1S/C15H21N3O5/c1-11(4-9-15(20)21)17-14(19)3-2-10-16-12-5-7-13(8-6-12)18(22)23/h5-8,11,16H,2-4,9-10H2,1H3,(H,17,19)(H,20,21). The maximum atomic E-state index is 11.7. The molecule has 0 saturated carbocycles. The number of carboxylic acid groups (broad SMARTS) is 1. The zero-order valence-electron chi connectivity index (χ0n) is 12.9. The summed E-state index contributed by atoms with van der Waals surface area (Å²) in [7, 11) is 0. The van der Waals surface area contributed by atoms with Crippen LogP contribution in [-0.2, 0) is 9.59 Å². The van der Waals surface area contributed by atoms with Crippen molar-refractivity contribution in [2.75, 3.05) is 11.9 Å². The predicted molar refractivity (Wildman–Crippen MR) is 85.3 cm³/mol. The Kier molecular flexibility index (Phi) is 7.52. The Morgan fingerprint density at radius 3 is 2.48 bits per heavy atom. The van der Waals surface area contributed by atoms with Crippen molar-refractivity contribution >= 4 is 23.3 Å². The van der Waals surface area contributed by atoms with Gasteiger partial charge in [0.05, 0.1) is 4.92 Å². The number of amides is 1. The fourth-order valence-electron chi connectivity index (χ4n) is 1.94. The largest absolute Gasteiger partial charge is 0.481 e. The Labute approximate surface area is 134 Å². The summed E-state index contributed by atoms with van der Waals surface area (Å²) in [6.07, 6.45) is 1.37. The first-order chi connectivity index (χ1) is 10.9. The summed E-state index contributed by atoms with van der Waals surface area (Å²) in [5.74, 6) is -0.994. The van der Waals surface area contributed by atoms with Gasteiger partial charge in [-0.05, 0) is 31.9 Å². The van der Waals surface area contributed by atoms with Crippen LogP contribution in [0.1, 0.15) is 32.6 Å². The second-order valence-electron chi connectivity index (χ2n) is 5.24. The monoisotopic (exact) mass is 323 g/mol. The summed E-state index contributed by atoms with van der Waals surface area (Å²) in [4.78, 5) is 32.2. The second-order valence-corrected chi connectivity index (χ2v) is 5.24. The molecule has 8 nitrogen and oxygen atoms in total. The Balaban J connectivity index is 2.19. The van der Waals surface area contributed by atoms with E-state index in [0.717, 1.165) is 5.69 Å². The van der Waals surface area contributed by atoms with Crippen LogP contribution >= 0.6 is 0 Å². The average Bonchev–Trinajstić information content (AvgIpc) is 2.50. The molecule has 1 rings (SSSR count). The molecule has 1 aromatic carbocycles. The van der Waals surface area contributed by atoms with Gasteiger partial charge in [0.15, 0.2) is 0 Å². The van der Waals surface area contributed by atoms with Gasteiger partial charge in [0.2, 0.25) is 5.91 Å². The van der Waals surface area contributed by atoms with Crippen molar-refractivity contribution in [2.24, 2.45) is 0 Å². The molecule has 23 heavy (non-hydrogen) atoms. The van der Waals surface area contributed by atoms with E-state index in [9.17, 15) is 19.7 Å². The number of carbonyl (C=O) groups excluding carboxylic acids is 1. The second kappa shape index (κ2) is 9.39. The number of carboxylic acids is 1. The number of hydrogen-bond donors (Lipinski definition) is 3. The van der Waals surface area contributed by atoms with Gasteiger partial charge in [0.1, 0.15) is 0 Å². The van der Waals surface area contributed by atoms with Crippen LogP contribution in [0.4, 0.5) is 11.4 Å². The topological polar surface area (TPSA) is 122 Å². The lowest BCUT2D eigenvalue weighted by Crippen LogP contribution is -2.33.